The Balaban J connectivity index is 1.32. The quantitative estimate of drug-likeness (QED) is 0.177. The highest BCUT2D eigenvalue weighted by Gasteiger charge is 2.27. The van der Waals surface area contributed by atoms with E-state index in [2.05, 4.69) is 18.3 Å². The molecule has 0 aliphatic heterocycles. The number of fused-ring (bicyclic) bond motifs is 1. The summed E-state index contributed by atoms with van der Waals surface area (Å²) in [5.74, 6) is 2.05. The van der Waals surface area contributed by atoms with Gasteiger partial charge in [-0.15, -0.1) is 0 Å². The molecule has 1 heterocycles. The molecule has 6 rings (SSSR count). The number of aromatic nitrogens is 1. The SMILES string of the molecule is COc1cc2ncc(C(=O)CC3CC3)c(CCc3ccc(CO)cc3)c2cc1-c1ccc(C(=O)NC2CCC(C)CC2)cc1. The van der Waals surface area contributed by atoms with Crippen molar-refractivity contribution in [2.75, 3.05) is 7.11 Å². The molecular weight excluding hydrogens is 548 g/mol. The third-order valence-corrected chi connectivity index (χ3v) is 9.45. The predicted octanol–water partition coefficient (Wildman–Crippen LogP) is 7.48. The fraction of sp³-hybridized carbons (Fsp3) is 0.395. The molecular formula is C38H42N2O4. The summed E-state index contributed by atoms with van der Waals surface area (Å²) in [6.45, 7) is 2.30. The van der Waals surface area contributed by atoms with E-state index in [0.717, 1.165) is 89.6 Å². The van der Waals surface area contributed by atoms with Gasteiger partial charge in [-0.1, -0.05) is 43.3 Å². The van der Waals surface area contributed by atoms with Crippen LogP contribution in [0, 0.1) is 11.8 Å². The van der Waals surface area contributed by atoms with Crippen molar-refractivity contribution in [3.8, 4) is 16.9 Å². The van der Waals surface area contributed by atoms with Crippen molar-refractivity contribution in [3.05, 3.63) is 94.7 Å². The molecule has 6 nitrogen and oxygen atoms in total. The van der Waals surface area contributed by atoms with Crippen LogP contribution < -0.4 is 10.1 Å². The van der Waals surface area contributed by atoms with Gasteiger partial charge in [0.1, 0.15) is 5.75 Å². The Morgan fingerprint density at radius 3 is 2.27 bits per heavy atom. The highest BCUT2D eigenvalue weighted by Crippen LogP contribution is 2.38. The minimum absolute atomic E-state index is 0.0191. The highest BCUT2D eigenvalue weighted by atomic mass is 16.5. The number of aliphatic hydroxyl groups is 1. The van der Waals surface area contributed by atoms with Crippen LogP contribution in [-0.2, 0) is 19.4 Å². The van der Waals surface area contributed by atoms with E-state index in [9.17, 15) is 14.7 Å². The van der Waals surface area contributed by atoms with Crippen molar-refractivity contribution < 1.29 is 19.4 Å². The number of rotatable bonds is 11. The molecule has 2 fully saturated rings. The molecule has 228 valence electrons. The lowest BCUT2D eigenvalue weighted by atomic mass is 9.87. The second-order valence-corrected chi connectivity index (χ2v) is 12.8. The van der Waals surface area contributed by atoms with E-state index in [1.807, 2.05) is 54.6 Å². The van der Waals surface area contributed by atoms with Gasteiger partial charge in [-0.3, -0.25) is 14.6 Å². The van der Waals surface area contributed by atoms with E-state index < -0.39 is 0 Å². The molecule has 44 heavy (non-hydrogen) atoms. The lowest BCUT2D eigenvalue weighted by Gasteiger charge is -2.26. The van der Waals surface area contributed by atoms with Crippen LogP contribution in [0.3, 0.4) is 0 Å². The first kappa shape index (κ1) is 30.0. The molecule has 0 radical (unpaired) electrons. The zero-order valence-corrected chi connectivity index (χ0v) is 25.8. The summed E-state index contributed by atoms with van der Waals surface area (Å²) in [5.41, 5.74) is 7.02. The predicted molar refractivity (Wildman–Crippen MR) is 174 cm³/mol. The van der Waals surface area contributed by atoms with Gasteiger partial charge in [-0.05, 0) is 104 Å². The number of hydrogen-bond donors (Lipinski definition) is 2. The first-order chi connectivity index (χ1) is 21.4. The summed E-state index contributed by atoms with van der Waals surface area (Å²) in [5, 5.41) is 13.6. The van der Waals surface area contributed by atoms with Crippen molar-refractivity contribution in [2.24, 2.45) is 11.8 Å². The van der Waals surface area contributed by atoms with Gasteiger partial charge >= 0.3 is 0 Å². The van der Waals surface area contributed by atoms with E-state index in [1.165, 1.54) is 0 Å². The molecule has 1 amide bonds. The Hall–Kier alpha value is -4.03. The van der Waals surface area contributed by atoms with Crippen molar-refractivity contribution in [3.63, 3.8) is 0 Å². The van der Waals surface area contributed by atoms with Crippen LogP contribution in [0.25, 0.3) is 22.0 Å². The molecule has 6 heteroatoms. The summed E-state index contributed by atoms with van der Waals surface area (Å²) >= 11 is 0. The molecule has 1 aromatic heterocycles. The smallest absolute Gasteiger partial charge is 0.251 e. The van der Waals surface area contributed by atoms with Gasteiger partial charge in [0.05, 0.1) is 19.2 Å². The molecule has 2 N–H and O–H groups in total. The lowest BCUT2D eigenvalue weighted by Crippen LogP contribution is -2.37. The van der Waals surface area contributed by atoms with Crippen LogP contribution in [0.4, 0.5) is 0 Å². The van der Waals surface area contributed by atoms with Gasteiger partial charge in [-0.25, -0.2) is 0 Å². The number of pyridine rings is 1. The highest BCUT2D eigenvalue weighted by molar-refractivity contribution is 6.03. The van der Waals surface area contributed by atoms with Crippen molar-refractivity contribution in [2.45, 2.75) is 77.4 Å². The van der Waals surface area contributed by atoms with Crippen molar-refractivity contribution >= 4 is 22.6 Å². The molecule has 2 aliphatic rings. The van der Waals surface area contributed by atoms with E-state index in [4.69, 9.17) is 9.72 Å². The van der Waals surface area contributed by atoms with Gasteiger partial charge in [0, 0.05) is 46.8 Å². The first-order valence-corrected chi connectivity index (χ1v) is 16.0. The minimum Gasteiger partial charge on any atom is -0.496 e. The minimum atomic E-state index is -0.0288. The Kier molecular flexibility index (Phi) is 9.08. The molecule has 2 saturated carbocycles. The second kappa shape index (κ2) is 13.3. The van der Waals surface area contributed by atoms with E-state index in [-0.39, 0.29) is 24.3 Å². The Morgan fingerprint density at radius 2 is 1.61 bits per heavy atom. The van der Waals surface area contributed by atoms with E-state index in [0.29, 0.717) is 35.6 Å². The molecule has 0 bridgehead atoms. The number of carbonyl (C=O) groups excluding carboxylic acids is 2. The Labute approximate surface area is 259 Å². The number of ether oxygens (including phenoxy) is 1. The number of Topliss-reactive ketones (excluding diaryl/α,β-unsaturated/α-hetero) is 1. The topological polar surface area (TPSA) is 88.5 Å². The largest absolute Gasteiger partial charge is 0.496 e. The molecule has 4 aromatic rings. The van der Waals surface area contributed by atoms with Crippen LogP contribution in [0.5, 0.6) is 5.75 Å². The van der Waals surface area contributed by atoms with Gasteiger partial charge in [-0.2, -0.15) is 0 Å². The molecule has 0 atom stereocenters. The summed E-state index contributed by atoms with van der Waals surface area (Å²) in [4.78, 5) is 31.2. The van der Waals surface area contributed by atoms with E-state index in [1.54, 1.807) is 13.3 Å². The number of ketones is 1. The molecule has 0 unspecified atom stereocenters. The zero-order chi connectivity index (χ0) is 30.6. The first-order valence-electron chi connectivity index (χ1n) is 16.0. The third-order valence-electron chi connectivity index (χ3n) is 9.45. The maximum absolute atomic E-state index is 13.5. The van der Waals surface area contributed by atoms with Crippen LogP contribution >= 0.6 is 0 Å². The number of carbonyl (C=O) groups is 2. The number of benzene rings is 3. The Morgan fingerprint density at radius 1 is 0.909 bits per heavy atom. The van der Waals surface area contributed by atoms with Crippen LogP contribution in [0.2, 0.25) is 0 Å². The summed E-state index contributed by atoms with van der Waals surface area (Å²) in [6, 6.07) is 20.0. The van der Waals surface area contributed by atoms with E-state index >= 15 is 0 Å². The monoisotopic (exact) mass is 590 g/mol. The number of hydrogen-bond acceptors (Lipinski definition) is 5. The maximum Gasteiger partial charge on any atom is 0.251 e. The third kappa shape index (κ3) is 6.86. The van der Waals surface area contributed by atoms with Crippen LogP contribution in [0.15, 0.2) is 66.9 Å². The fourth-order valence-electron chi connectivity index (χ4n) is 6.43. The number of aliphatic hydroxyl groups excluding tert-OH is 1. The molecule has 0 spiro atoms. The normalized spacial score (nSPS) is 18.2. The van der Waals surface area contributed by atoms with Gasteiger partial charge < -0.3 is 15.2 Å². The van der Waals surface area contributed by atoms with Crippen molar-refractivity contribution in [1.29, 1.82) is 0 Å². The number of amides is 1. The second-order valence-electron chi connectivity index (χ2n) is 12.8. The maximum atomic E-state index is 13.5. The van der Waals surface area contributed by atoms with Crippen LogP contribution in [-0.4, -0.2) is 34.9 Å². The molecule has 3 aromatic carbocycles. The van der Waals surface area contributed by atoms with Crippen molar-refractivity contribution in [1.82, 2.24) is 10.3 Å². The van der Waals surface area contributed by atoms with Gasteiger partial charge in [0.25, 0.3) is 5.91 Å². The molecule has 0 saturated heterocycles. The average molecular weight is 591 g/mol. The zero-order valence-electron chi connectivity index (χ0n) is 25.8. The standard InChI is InChI=1S/C38H42N2O4/c1-24-3-16-30(17-4-24)40-38(43)29-14-12-28(13-15-29)32-20-33-31(18-11-25-5-9-27(23-41)10-6-25)34(36(42)19-26-7-8-26)22-39-35(33)21-37(32)44-2/h5-6,9-10,12-15,20-22,24,26,30,41H,3-4,7-8,11,16-19,23H2,1-2H3,(H,40,43). The number of nitrogens with zero attached hydrogens (tertiary/aromatic N) is 1. The van der Waals surface area contributed by atoms with Gasteiger partial charge in [0.15, 0.2) is 5.78 Å². The summed E-state index contributed by atoms with van der Waals surface area (Å²) in [6.07, 6.45) is 10.4. The lowest BCUT2D eigenvalue weighted by molar-refractivity contribution is 0.0921. The number of aryl methyl sites for hydroxylation is 2. The van der Waals surface area contributed by atoms with Gasteiger partial charge in [0.2, 0.25) is 0 Å². The fourth-order valence-corrected chi connectivity index (χ4v) is 6.43. The number of nitrogens with one attached hydrogen (secondary N) is 1. The number of methoxy groups -OCH3 is 1. The summed E-state index contributed by atoms with van der Waals surface area (Å²) < 4.78 is 5.82. The summed E-state index contributed by atoms with van der Waals surface area (Å²) in [7, 11) is 1.65. The average Bonchev–Trinajstić information content (AvgIpc) is 3.88. The Bertz CT molecular complexity index is 1630. The van der Waals surface area contributed by atoms with Crippen LogP contribution in [0.1, 0.15) is 89.3 Å². The molecule has 2 aliphatic carbocycles.